The molecule has 1 aliphatic rings. The largest absolute Gasteiger partial charge is 0.507 e. The summed E-state index contributed by atoms with van der Waals surface area (Å²) in [6.45, 7) is 6.16. The van der Waals surface area contributed by atoms with Gasteiger partial charge in [-0.15, -0.1) is 0 Å². The molecule has 0 amide bonds. The normalized spacial score (nSPS) is 25.1. The first-order valence-corrected chi connectivity index (χ1v) is 5.10. The topological polar surface area (TPSA) is 46.2 Å². The van der Waals surface area contributed by atoms with Crippen LogP contribution < -0.4 is 5.73 Å². The van der Waals surface area contributed by atoms with Gasteiger partial charge in [0.25, 0.3) is 0 Å². The number of phenols is 1. The van der Waals surface area contributed by atoms with Crippen LogP contribution in [0.5, 0.6) is 5.75 Å². The molecule has 2 atom stereocenters. The molecule has 1 aliphatic carbocycles. The van der Waals surface area contributed by atoms with E-state index in [9.17, 15) is 5.11 Å². The average molecular weight is 191 g/mol. The lowest BCUT2D eigenvalue weighted by Gasteiger charge is -2.13. The van der Waals surface area contributed by atoms with Crippen LogP contribution in [0.4, 0.5) is 0 Å². The molecule has 0 saturated heterocycles. The molecule has 14 heavy (non-hydrogen) atoms. The van der Waals surface area contributed by atoms with Gasteiger partial charge in [0.15, 0.2) is 0 Å². The van der Waals surface area contributed by atoms with Crippen molar-refractivity contribution in [1.29, 1.82) is 0 Å². The zero-order chi connectivity index (χ0) is 10.5. The summed E-state index contributed by atoms with van der Waals surface area (Å²) in [5.74, 6) is 0.846. The van der Waals surface area contributed by atoms with Crippen LogP contribution >= 0.6 is 0 Å². The molecule has 0 fully saturated rings. The zero-order valence-corrected chi connectivity index (χ0v) is 8.96. The van der Waals surface area contributed by atoms with E-state index >= 15 is 0 Å². The van der Waals surface area contributed by atoms with Crippen LogP contribution in [0.15, 0.2) is 6.07 Å². The van der Waals surface area contributed by atoms with Crippen LogP contribution in [0.3, 0.4) is 0 Å². The van der Waals surface area contributed by atoms with Crippen molar-refractivity contribution in [2.75, 3.05) is 0 Å². The van der Waals surface area contributed by atoms with E-state index in [1.807, 2.05) is 13.0 Å². The third kappa shape index (κ3) is 1.14. The molecule has 0 radical (unpaired) electrons. The molecule has 2 unspecified atom stereocenters. The van der Waals surface area contributed by atoms with Gasteiger partial charge in [-0.3, -0.25) is 0 Å². The van der Waals surface area contributed by atoms with Gasteiger partial charge in [-0.25, -0.2) is 0 Å². The number of aromatic hydroxyl groups is 1. The summed E-state index contributed by atoms with van der Waals surface area (Å²) < 4.78 is 0. The van der Waals surface area contributed by atoms with Gasteiger partial charge in [0.2, 0.25) is 0 Å². The fourth-order valence-corrected chi connectivity index (χ4v) is 2.41. The summed E-state index contributed by atoms with van der Waals surface area (Å²) >= 11 is 0. The molecule has 76 valence electrons. The molecule has 0 aromatic heterocycles. The summed E-state index contributed by atoms with van der Waals surface area (Å²) in [5.41, 5.74) is 10.5. The van der Waals surface area contributed by atoms with Crippen molar-refractivity contribution in [1.82, 2.24) is 0 Å². The molecule has 2 nitrogen and oxygen atoms in total. The van der Waals surface area contributed by atoms with Crippen LogP contribution in [-0.4, -0.2) is 5.11 Å². The van der Waals surface area contributed by atoms with E-state index in [1.165, 1.54) is 11.1 Å². The predicted octanol–water partition coefficient (Wildman–Crippen LogP) is 2.20. The van der Waals surface area contributed by atoms with Gasteiger partial charge in [-0.05, 0) is 42.9 Å². The predicted molar refractivity (Wildman–Crippen MR) is 57.4 cm³/mol. The first-order chi connectivity index (χ1) is 6.52. The number of fused-ring (bicyclic) bond motifs is 1. The van der Waals surface area contributed by atoms with Gasteiger partial charge in [0.1, 0.15) is 5.75 Å². The molecule has 1 aromatic carbocycles. The van der Waals surface area contributed by atoms with E-state index in [1.54, 1.807) is 0 Å². The molecule has 1 aromatic rings. The zero-order valence-electron chi connectivity index (χ0n) is 8.96. The molecule has 0 spiro atoms. The molecule has 0 saturated carbocycles. The monoisotopic (exact) mass is 191 g/mol. The minimum atomic E-state index is 0.00333. The quantitative estimate of drug-likeness (QED) is 0.660. The second-order valence-electron chi connectivity index (χ2n) is 4.46. The lowest BCUT2D eigenvalue weighted by molar-refractivity contribution is 0.446. The van der Waals surface area contributed by atoms with Crippen LogP contribution in [0.1, 0.15) is 35.2 Å². The Bertz CT molecular complexity index is 384. The number of benzene rings is 1. The van der Waals surface area contributed by atoms with Gasteiger partial charge in [0, 0.05) is 11.6 Å². The Kier molecular flexibility index (Phi) is 2.04. The van der Waals surface area contributed by atoms with Gasteiger partial charge >= 0.3 is 0 Å². The minimum absolute atomic E-state index is 0.00333. The highest BCUT2D eigenvalue weighted by atomic mass is 16.3. The van der Waals surface area contributed by atoms with Gasteiger partial charge in [-0.1, -0.05) is 13.0 Å². The first-order valence-electron chi connectivity index (χ1n) is 5.10. The summed E-state index contributed by atoms with van der Waals surface area (Å²) in [4.78, 5) is 0. The van der Waals surface area contributed by atoms with Crippen molar-refractivity contribution in [2.24, 2.45) is 11.7 Å². The van der Waals surface area contributed by atoms with Crippen molar-refractivity contribution in [3.63, 3.8) is 0 Å². The molecule has 2 rings (SSSR count). The van der Waals surface area contributed by atoms with Gasteiger partial charge in [0.05, 0.1) is 0 Å². The third-order valence-corrected chi connectivity index (χ3v) is 3.34. The second kappa shape index (κ2) is 2.99. The number of hydrogen-bond acceptors (Lipinski definition) is 2. The Balaban J connectivity index is 2.67. The van der Waals surface area contributed by atoms with Crippen LogP contribution in [0, 0.1) is 19.8 Å². The maximum Gasteiger partial charge on any atom is 0.123 e. The molecule has 2 heteroatoms. The number of phenolic OH excluding ortho intramolecular Hbond substituents is 1. The van der Waals surface area contributed by atoms with Crippen molar-refractivity contribution in [2.45, 2.75) is 33.2 Å². The Labute approximate surface area is 84.7 Å². The molecule has 3 N–H and O–H groups in total. The Hall–Kier alpha value is -1.02. The number of nitrogens with two attached hydrogens (primary N) is 1. The van der Waals surface area contributed by atoms with E-state index in [0.717, 1.165) is 17.5 Å². The number of aryl methyl sites for hydroxylation is 2. The fourth-order valence-electron chi connectivity index (χ4n) is 2.41. The first kappa shape index (κ1) is 9.53. The van der Waals surface area contributed by atoms with Crippen molar-refractivity contribution >= 4 is 0 Å². The second-order valence-corrected chi connectivity index (χ2v) is 4.46. The van der Waals surface area contributed by atoms with Crippen LogP contribution in [0.2, 0.25) is 0 Å². The number of hydrogen-bond donors (Lipinski definition) is 2. The highest BCUT2D eigenvalue weighted by Gasteiger charge is 2.30. The van der Waals surface area contributed by atoms with E-state index in [2.05, 4.69) is 13.8 Å². The van der Waals surface area contributed by atoms with E-state index in [0.29, 0.717) is 11.7 Å². The molecule has 0 aliphatic heterocycles. The Morgan fingerprint density at radius 1 is 1.36 bits per heavy atom. The maximum absolute atomic E-state index is 9.95. The average Bonchev–Trinajstić information content (AvgIpc) is 2.41. The maximum atomic E-state index is 9.95. The highest BCUT2D eigenvalue weighted by Crippen LogP contribution is 2.42. The third-order valence-electron chi connectivity index (χ3n) is 3.34. The molecular weight excluding hydrogens is 174 g/mol. The standard InChI is InChI=1S/C12H17NO/c1-6-4-8(3)12(14)10-9(6)5-7(2)11(10)13/h4,7,11,14H,5,13H2,1-3H3. The molecule has 0 heterocycles. The van der Waals surface area contributed by atoms with E-state index in [4.69, 9.17) is 5.73 Å². The van der Waals surface area contributed by atoms with E-state index in [-0.39, 0.29) is 6.04 Å². The minimum Gasteiger partial charge on any atom is -0.507 e. The highest BCUT2D eigenvalue weighted by molar-refractivity contribution is 5.53. The smallest absolute Gasteiger partial charge is 0.123 e. The fraction of sp³-hybridized carbons (Fsp3) is 0.500. The van der Waals surface area contributed by atoms with Crippen LogP contribution in [0.25, 0.3) is 0 Å². The van der Waals surface area contributed by atoms with Crippen molar-refractivity contribution in [3.8, 4) is 5.75 Å². The number of rotatable bonds is 0. The summed E-state index contributed by atoms with van der Waals surface area (Å²) in [7, 11) is 0. The van der Waals surface area contributed by atoms with Gasteiger partial charge in [-0.2, -0.15) is 0 Å². The molecular formula is C12H17NO. The summed E-state index contributed by atoms with van der Waals surface area (Å²) in [5, 5.41) is 9.95. The summed E-state index contributed by atoms with van der Waals surface area (Å²) in [6, 6.07) is 2.04. The lowest BCUT2D eigenvalue weighted by Crippen LogP contribution is -2.13. The Morgan fingerprint density at radius 2 is 2.00 bits per heavy atom. The SMILES string of the molecule is Cc1cc(C)c2c(c1O)C(N)C(C)C2. The molecule has 0 bridgehead atoms. The lowest BCUT2D eigenvalue weighted by atomic mass is 9.98. The van der Waals surface area contributed by atoms with Crippen LogP contribution in [-0.2, 0) is 6.42 Å². The van der Waals surface area contributed by atoms with Crippen molar-refractivity contribution < 1.29 is 5.11 Å². The van der Waals surface area contributed by atoms with Crippen molar-refractivity contribution in [3.05, 3.63) is 28.3 Å². The summed E-state index contributed by atoms with van der Waals surface area (Å²) in [6.07, 6.45) is 0.996. The van der Waals surface area contributed by atoms with Gasteiger partial charge < -0.3 is 10.8 Å². The van der Waals surface area contributed by atoms with E-state index < -0.39 is 0 Å². The Morgan fingerprint density at radius 3 is 2.64 bits per heavy atom.